The summed E-state index contributed by atoms with van der Waals surface area (Å²) in [4.78, 5) is 42.6. The number of anilines is 1. The van der Waals surface area contributed by atoms with Crippen LogP contribution in [0.5, 0.6) is 5.75 Å². The number of likely N-dealkylation sites (N-methyl/N-ethyl adjacent to an activating group) is 1. The van der Waals surface area contributed by atoms with Gasteiger partial charge in [0, 0.05) is 31.3 Å². The number of rotatable bonds is 3. The summed E-state index contributed by atoms with van der Waals surface area (Å²) >= 11 is 0. The zero-order valence-corrected chi connectivity index (χ0v) is 19.7. The first-order valence-electron chi connectivity index (χ1n) is 10.9. The molecule has 34 heavy (non-hydrogen) atoms. The predicted molar refractivity (Wildman–Crippen MR) is 123 cm³/mol. The molecule has 0 heterocycles. The molecule has 2 unspecified atom stereocenters. The highest BCUT2D eigenvalue weighted by molar-refractivity contribution is 6.33. The van der Waals surface area contributed by atoms with Crippen molar-refractivity contribution in [2.24, 2.45) is 17.6 Å². The van der Waals surface area contributed by atoms with Crippen molar-refractivity contribution in [3.05, 3.63) is 40.2 Å². The summed E-state index contributed by atoms with van der Waals surface area (Å²) < 4.78 is 0. The number of amides is 1. The van der Waals surface area contributed by atoms with Gasteiger partial charge < -0.3 is 31.1 Å². The quantitative estimate of drug-likeness (QED) is 0.310. The molecule has 10 heteroatoms. The molecule has 1 saturated carbocycles. The molecule has 10 nitrogen and oxygen atoms in total. The van der Waals surface area contributed by atoms with Gasteiger partial charge in [-0.25, -0.2) is 0 Å². The van der Waals surface area contributed by atoms with Crippen molar-refractivity contribution in [1.82, 2.24) is 4.90 Å². The molecule has 4 rings (SSSR count). The Labute approximate surface area is 196 Å². The molecule has 0 aliphatic heterocycles. The standard InChI is InChI=1S/C24H29N3O7/c1-23(27(4)5)14-9-10-8-11-12(26(2)3)6-7-13(28)16(11)18(29)15(10)20(31)24(14,34)21(32)17(19(23)30)22(25)33/h6-7,10,14,28-30,34H,8-9H2,1-5H3,(H2,25,33)/t10?,14-,23?,24-/m0/s1. The minimum Gasteiger partial charge on any atom is -0.509 e. The fourth-order valence-electron chi connectivity index (χ4n) is 5.87. The lowest BCUT2D eigenvalue weighted by molar-refractivity contribution is -0.168. The fourth-order valence-corrected chi connectivity index (χ4v) is 5.87. The van der Waals surface area contributed by atoms with E-state index in [-0.39, 0.29) is 29.7 Å². The molecule has 0 radical (unpaired) electrons. The van der Waals surface area contributed by atoms with Gasteiger partial charge in [0.1, 0.15) is 22.8 Å². The zero-order chi connectivity index (χ0) is 25.5. The van der Waals surface area contributed by atoms with Gasteiger partial charge in [-0.3, -0.25) is 19.3 Å². The summed E-state index contributed by atoms with van der Waals surface area (Å²) in [6.07, 6.45) is 0.292. The van der Waals surface area contributed by atoms with Crippen molar-refractivity contribution in [1.29, 1.82) is 0 Å². The van der Waals surface area contributed by atoms with E-state index in [0.29, 0.717) is 5.56 Å². The zero-order valence-electron chi connectivity index (χ0n) is 19.7. The van der Waals surface area contributed by atoms with Crippen molar-refractivity contribution >= 4 is 28.9 Å². The average molecular weight is 472 g/mol. The number of carbonyl (C=O) groups is 3. The second-order valence-electron chi connectivity index (χ2n) is 9.86. The SMILES string of the molecule is CN(C)c1ccc(O)c2c1CC1C[C@H]3C(C)(N(C)C)C(O)=C(C(N)=O)C(=O)[C@@]3(O)C(=O)C1=C2O. The Kier molecular flexibility index (Phi) is 5.11. The number of carbonyl (C=O) groups excluding carboxylic acids is 3. The maximum atomic E-state index is 13.8. The number of hydrogen-bond acceptors (Lipinski definition) is 9. The van der Waals surface area contributed by atoms with E-state index in [2.05, 4.69) is 0 Å². The molecule has 0 spiro atoms. The lowest BCUT2D eigenvalue weighted by Gasteiger charge is -2.55. The molecule has 4 atom stereocenters. The number of phenolic OH excluding ortho intramolecular Hbond substituents is 1. The number of aliphatic hydroxyl groups is 3. The Bertz CT molecular complexity index is 1220. The van der Waals surface area contributed by atoms with Crippen LogP contribution in [0.25, 0.3) is 5.76 Å². The molecule has 0 saturated heterocycles. The minimum absolute atomic E-state index is 0.0418. The maximum absolute atomic E-state index is 13.8. The summed E-state index contributed by atoms with van der Waals surface area (Å²) in [6.45, 7) is 1.53. The Morgan fingerprint density at radius 2 is 1.71 bits per heavy atom. The summed E-state index contributed by atoms with van der Waals surface area (Å²) in [7, 11) is 6.81. The van der Waals surface area contributed by atoms with Crippen molar-refractivity contribution in [3.8, 4) is 5.75 Å². The number of aliphatic hydroxyl groups excluding tert-OH is 2. The largest absolute Gasteiger partial charge is 0.509 e. The first-order chi connectivity index (χ1) is 15.7. The highest BCUT2D eigenvalue weighted by atomic mass is 16.3. The third kappa shape index (κ3) is 2.72. The number of fused-ring (bicyclic) bond motifs is 3. The third-order valence-electron chi connectivity index (χ3n) is 7.86. The molecular weight excluding hydrogens is 442 g/mol. The Morgan fingerprint density at radius 1 is 1.09 bits per heavy atom. The molecule has 1 aromatic carbocycles. The molecule has 1 amide bonds. The third-order valence-corrected chi connectivity index (χ3v) is 7.86. The molecule has 1 aromatic rings. The van der Waals surface area contributed by atoms with Gasteiger partial charge in [-0.1, -0.05) is 0 Å². The molecule has 0 bridgehead atoms. The Morgan fingerprint density at radius 3 is 2.24 bits per heavy atom. The number of hydrogen-bond donors (Lipinski definition) is 5. The first kappa shape index (κ1) is 23.8. The number of nitrogens with two attached hydrogens (primary N) is 1. The van der Waals surface area contributed by atoms with E-state index in [9.17, 15) is 34.8 Å². The summed E-state index contributed by atoms with van der Waals surface area (Å²) in [6, 6.07) is 3.10. The van der Waals surface area contributed by atoms with E-state index in [0.717, 1.165) is 5.69 Å². The summed E-state index contributed by atoms with van der Waals surface area (Å²) in [5, 5.41) is 44.3. The van der Waals surface area contributed by atoms with Crippen LogP contribution in [0.3, 0.4) is 0 Å². The number of benzene rings is 1. The summed E-state index contributed by atoms with van der Waals surface area (Å²) in [5.41, 5.74) is 1.56. The number of Topliss-reactive ketones (excluding diaryl/α,β-unsaturated/α-hetero) is 2. The van der Waals surface area contributed by atoms with Gasteiger partial charge in [0.15, 0.2) is 5.60 Å². The van der Waals surface area contributed by atoms with Crippen LogP contribution in [0.15, 0.2) is 29.0 Å². The second-order valence-corrected chi connectivity index (χ2v) is 9.86. The van der Waals surface area contributed by atoms with Crippen LogP contribution in [0.1, 0.15) is 24.5 Å². The van der Waals surface area contributed by atoms with Gasteiger partial charge in [-0.05, 0) is 57.5 Å². The van der Waals surface area contributed by atoms with Crippen LogP contribution >= 0.6 is 0 Å². The molecule has 1 fully saturated rings. The van der Waals surface area contributed by atoms with E-state index in [1.165, 1.54) is 17.9 Å². The smallest absolute Gasteiger partial charge is 0.255 e. The van der Waals surface area contributed by atoms with Crippen LogP contribution in [0.4, 0.5) is 5.69 Å². The number of ketones is 2. The lowest BCUT2D eigenvalue weighted by atomic mass is 9.53. The van der Waals surface area contributed by atoms with Crippen molar-refractivity contribution in [3.63, 3.8) is 0 Å². The monoisotopic (exact) mass is 471 g/mol. The van der Waals surface area contributed by atoms with Crippen LogP contribution < -0.4 is 10.6 Å². The van der Waals surface area contributed by atoms with E-state index in [1.54, 1.807) is 20.2 Å². The summed E-state index contributed by atoms with van der Waals surface area (Å²) in [5.74, 6) is -6.71. The van der Waals surface area contributed by atoms with E-state index in [1.807, 2.05) is 19.0 Å². The molecule has 0 aromatic heterocycles. The van der Waals surface area contributed by atoms with Gasteiger partial charge >= 0.3 is 0 Å². The van der Waals surface area contributed by atoms with E-state index < -0.39 is 57.5 Å². The van der Waals surface area contributed by atoms with Crippen molar-refractivity contribution < 1.29 is 34.8 Å². The molecule has 6 N–H and O–H groups in total. The predicted octanol–water partition coefficient (Wildman–Crippen LogP) is 0.420. The van der Waals surface area contributed by atoms with E-state index in [4.69, 9.17) is 5.73 Å². The van der Waals surface area contributed by atoms with E-state index >= 15 is 0 Å². The topological polar surface area (TPSA) is 165 Å². The molecule has 3 aliphatic rings. The van der Waals surface area contributed by atoms with Gasteiger partial charge in [0.25, 0.3) is 5.91 Å². The average Bonchev–Trinajstić information content (AvgIpc) is 2.73. The second kappa shape index (κ2) is 7.31. The van der Waals surface area contributed by atoms with Crippen LogP contribution in [0.2, 0.25) is 0 Å². The van der Waals surface area contributed by atoms with Gasteiger partial charge in [0.2, 0.25) is 11.6 Å². The lowest BCUT2D eigenvalue weighted by Crippen LogP contribution is -2.71. The highest BCUT2D eigenvalue weighted by Crippen LogP contribution is 2.55. The van der Waals surface area contributed by atoms with Crippen LogP contribution in [-0.2, 0) is 20.8 Å². The number of phenols is 1. The highest BCUT2D eigenvalue weighted by Gasteiger charge is 2.68. The number of primary amides is 1. The van der Waals surface area contributed by atoms with Crippen molar-refractivity contribution in [2.75, 3.05) is 33.1 Å². The molecule has 182 valence electrons. The van der Waals surface area contributed by atoms with Crippen LogP contribution in [0, 0.1) is 11.8 Å². The maximum Gasteiger partial charge on any atom is 0.255 e. The fraction of sp³-hybridized carbons (Fsp3) is 0.458. The van der Waals surface area contributed by atoms with Gasteiger partial charge in [0.05, 0.1) is 11.1 Å². The molecular formula is C24H29N3O7. The van der Waals surface area contributed by atoms with Crippen molar-refractivity contribution in [2.45, 2.75) is 30.9 Å². The van der Waals surface area contributed by atoms with Gasteiger partial charge in [-0.15, -0.1) is 0 Å². The normalized spacial score (nSPS) is 30.8. The first-order valence-corrected chi connectivity index (χ1v) is 10.9. The van der Waals surface area contributed by atoms with Gasteiger partial charge in [-0.2, -0.15) is 0 Å². The number of aromatic hydroxyl groups is 1. The Balaban J connectivity index is 2.01. The Hall–Kier alpha value is -3.37. The number of nitrogens with zero attached hydrogens (tertiary/aromatic N) is 2. The van der Waals surface area contributed by atoms with Crippen LogP contribution in [-0.4, -0.2) is 82.1 Å². The minimum atomic E-state index is -2.73. The molecule has 3 aliphatic carbocycles.